The molecule has 0 aliphatic heterocycles. The normalized spacial score (nSPS) is 12.7. The van der Waals surface area contributed by atoms with Crippen LogP contribution in [0.5, 0.6) is 0 Å². The molecule has 0 aliphatic rings. The van der Waals surface area contributed by atoms with Crippen molar-refractivity contribution in [2.45, 2.75) is 18.1 Å². The van der Waals surface area contributed by atoms with E-state index in [9.17, 15) is 27.7 Å². The first kappa shape index (κ1) is 16.8. The molecule has 0 atom stereocenters. The third kappa shape index (κ3) is 2.85. The van der Waals surface area contributed by atoms with Crippen LogP contribution in [0.3, 0.4) is 0 Å². The zero-order chi connectivity index (χ0) is 17.4. The van der Waals surface area contributed by atoms with Crippen LogP contribution in [0.4, 0.5) is 23.2 Å². The highest BCUT2D eigenvalue weighted by Gasteiger charge is 2.64. The Kier molecular flexibility index (Phi) is 4.05. The summed E-state index contributed by atoms with van der Waals surface area (Å²) in [5, 5.41) is 32.2. The van der Waals surface area contributed by atoms with Crippen LogP contribution in [0, 0.1) is 10.1 Å². The first-order valence-electron chi connectivity index (χ1n) is 5.87. The average molecular weight is 336 g/mol. The van der Waals surface area contributed by atoms with Gasteiger partial charge in [-0.15, -0.1) is 0 Å². The van der Waals surface area contributed by atoms with Gasteiger partial charge in [0.1, 0.15) is 0 Å². The lowest BCUT2D eigenvalue weighted by Crippen LogP contribution is -2.48. The minimum atomic E-state index is -5.20. The van der Waals surface area contributed by atoms with Crippen LogP contribution in [0.25, 0.3) is 11.4 Å². The second-order valence-corrected chi connectivity index (χ2v) is 4.38. The number of aliphatic hydroxyl groups excluding tert-OH is 1. The zero-order valence-electron chi connectivity index (χ0n) is 11.0. The lowest BCUT2D eigenvalue weighted by atomic mass is 10.1. The van der Waals surface area contributed by atoms with E-state index in [1.807, 2.05) is 0 Å². The van der Waals surface area contributed by atoms with E-state index in [1.54, 1.807) is 5.10 Å². The van der Waals surface area contributed by atoms with Crippen molar-refractivity contribution < 1.29 is 32.7 Å². The van der Waals surface area contributed by atoms with Gasteiger partial charge in [0, 0.05) is 17.7 Å². The molecule has 0 saturated heterocycles. The minimum Gasteiger partial charge on any atom is -0.363 e. The van der Waals surface area contributed by atoms with Gasteiger partial charge in [-0.25, -0.2) is 4.98 Å². The summed E-state index contributed by atoms with van der Waals surface area (Å²) in [6.45, 7) is 0. The fraction of sp³-hybridized carbons (Fsp3) is 0.273. The molecule has 0 aliphatic carbocycles. The van der Waals surface area contributed by atoms with Gasteiger partial charge in [-0.05, 0) is 12.1 Å². The van der Waals surface area contributed by atoms with Crippen LogP contribution >= 0.6 is 0 Å². The monoisotopic (exact) mass is 336 g/mol. The van der Waals surface area contributed by atoms with Gasteiger partial charge >= 0.3 is 11.8 Å². The smallest absolute Gasteiger partial charge is 0.363 e. The Labute approximate surface area is 124 Å². The van der Waals surface area contributed by atoms with Crippen LogP contribution in [0.1, 0.15) is 5.82 Å². The molecule has 12 heteroatoms. The molecule has 0 amide bonds. The number of aromatic amines is 1. The molecule has 23 heavy (non-hydrogen) atoms. The summed E-state index contributed by atoms with van der Waals surface area (Å²) in [5.41, 5.74) is -0.216. The van der Waals surface area contributed by atoms with Gasteiger partial charge in [-0.3, -0.25) is 15.2 Å². The molecule has 0 spiro atoms. The van der Waals surface area contributed by atoms with Crippen LogP contribution in [-0.4, -0.2) is 42.5 Å². The topological polar surface area (TPSA) is 125 Å². The van der Waals surface area contributed by atoms with E-state index in [2.05, 4.69) is 10.1 Å². The maximum atomic E-state index is 13.6. The predicted octanol–water partition coefficient (Wildman–Crippen LogP) is 1.42. The highest BCUT2D eigenvalue weighted by molar-refractivity contribution is 5.57. The van der Waals surface area contributed by atoms with Crippen LogP contribution < -0.4 is 0 Å². The van der Waals surface area contributed by atoms with Gasteiger partial charge in [-0.1, -0.05) is 0 Å². The molecule has 1 aromatic heterocycles. The Balaban J connectivity index is 2.35. The number of aromatic nitrogens is 3. The second kappa shape index (κ2) is 5.55. The standard InChI is InChI=1S/C11H8F4N4O4/c12-10(13,11(14,15)9(20)21)8-16-7(17-18-8)5-1-3-6(4-2-5)19(22)23/h1-4,9,20-21H,(H,16,17,18). The van der Waals surface area contributed by atoms with E-state index < -0.39 is 34.7 Å². The van der Waals surface area contributed by atoms with E-state index in [0.717, 1.165) is 24.3 Å². The van der Waals surface area contributed by atoms with Gasteiger partial charge in [0.2, 0.25) is 12.1 Å². The summed E-state index contributed by atoms with van der Waals surface area (Å²) in [6, 6.07) is 4.38. The Hall–Kier alpha value is -2.60. The maximum Gasteiger partial charge on any atom is 0.373 e. The van der Waals surface area contributed by atoms with Gasteiger partial charge in [0.25, 0.3) is 5.69 Å². The first-order valence-corrected chi connectivity index (χ1v) is 5.87. The molecule has 1 heterocycles. The van der Waals surface area contributed by atoms with E-state index in [4.69, 9.17) is 10.2 Å². The molecular formula is C11H8F4N4O4. The number of nitro benzene ring substituents is 1. The SMILES string of the molecule is O=[N+]([O-])c1ccc(-c2n[nH]c(C(F)(F)C(F)(F)C(O)O)n2)cc1. The highest BCUT2D eigenvalue weighted by Crippen LogP contribution is 2.43. The molecule has 0 fully saturated rings. The third-order valence-corrected chi connectivity index (χ3v) is 2.86. The van der Waals surface area contributed by atoms with E-state index in [1.165, 1.54) is 0 Å². The Morgan fingerprint density at radius 1 is 1.17 bits per heavy atom. The number of rotatable bonds is 5. The Morgan fingerprint density at radius 2 is 1.74 bits per heavy atom. The largest absolute Gasteiger partial charge is 0.373 e. The van der Waals surface area contributed by atoms with Crippen molar-refractivity contribution >= 4 is 5.69 Å². The number of alkyl halides is 4. The van der Waals surface area contributed by atoms with E-state index in [0.29, 0.717) is 0 Å². The first-order chi connectivity index (χ1) is 10.6. The second-order valence-electron chi connectivity index (χ2n) is 4.38. The summed E-state index contributed by atoms with van der Waals surface area (Å²) < 4.78 is 53.5. The number of benzene rings is 1. The molecule has 1 aromatic carbocycles. The fourth-order valence-electron chi connectivity index (χ4n) is 1.58. The third-order valence-electron chi connectivity index (χ3n) is 2.86. The molecule has 3 N–H and O–H groups in total. The van der Waals surface area contributed by atoms with Crippen molar-refractivity contribution in [2.24, 2.45) is 0 Å². The number of aliphatic hydroxyl groups is 2. The number of nitrogens with zero attached hydrogens (tertiary/aromatic N) is 3. The van der Waals surface area contributed by atoms with E-state index in [-0.39, 0.29) is 11.3 Å². The minimum absolute atomic E-state index is 0.0572. The van der Waals surface area contributed by atoms with Crippen molar-refractivity contribution in [2.75, 3.05) is 0 Å². The number of nitro groups is 1. The quantitative estimate of drug-likeness (QED) is 0.328. The summed E-state index contributed by atoms with van der Waals surface area (Å²) in [6.07, 6.45) is -3.61. The number of hydrogen-bond acceptors (Lipinski definition) is 6. The molecule has 2 aromatic rings. The molecule has 124 valence electrons. The summed E-state index contributed by atoms with van der Waals surface area (Å²) in [5.74, 6) is -12.2. The molecule has 0 unspecified atom stereocenters. The maximum absolute atomic E-state index is 13.6. The van der Waals surface area contributed by atoms with Gasteiger partial charge in [0.15, 0.2) is 5.82 Å². The average Bonchev–Trinajstić information content (AvgIpc) is 2.97. The zero-order valence-corrected chi connectivity index (χ0v) is 11.0. The fourth-order valence-corrected chi connectivity index (χ4v) is 1.58. The Bertz CT molecular complexity index is 717. The van der Waals surface area contributed by atoms with Gasteiger partial charge < -0.3 is 10.2 Å². The number of halogens is 4. The number of H-pyrrole nitrogens is 1. The molecule has 2 rings (SSSR count). The molecule has 8 nitrogen and oxygen atoms in total. The number of nitrogens with one attached hydrogen (secondary N) is 1. The van der Waals surface area contributed by atoms with Gasteiger partial charge in [-0.2, -0.15) is 22.7 Å². The van der Waals surface area contributed by atoms with Crippen molar-refractivity contribution in [1.82, 2.24) is 15.2 Å². The summed E-state index contributed by atoms with van der Waals surface area (Å²) >= 11 is 0. The molecule has 0 bridgehead atoms. The van der Waals surface area contributed by atoms with Crippen molar-refractivity contribution in [3.8, 4) is 11.4 Å². The van der Waals surface area contributed by atoms with Crippen LogP contribution in [0.2, 0.25) is 0 Å². The van der Waals surface area contributed by atoms with Crippen LogP contribution in [-0.2, 0) is 5.92 Å². The lowest BCUT2D eigenvalue weighted by molar-refractivity contribution is -0.384. The highest BCUT2D eigenvalue weighted by atomic mass is 19.3. The molecule has 0 saturated carbocycles. The lowest BCUT2D eigenvalue weighted by Gasteiger charge is -2.25. The van der Waals surface area contributed by atoms with Gasteiger partial charge in [0.05, 0.1) is 4.92 Å². The molecular weight excluding hydrogens is 328 g/mol. The van der Waals surface area contributed by atoms with Crippen molar-refractivity contribution in [3.05, 3.63) is 40.2 Å². The van der Waals surface area contributed by atoms with Crippen LogP contribution in [0.15, 0.2) is 24.3 Å². The number of hydrogen-bond donors (Lipinski definition) is 3. The summed E-state index contributed by atoms with van der Waals surface area (Å²) in [7, 11) is 0. The van der Waals surface area contributed by atoms with E-state index >= 15 is 0 Å². The molecule has 0 radical (unpaired) electrons. The number of non-ortho nitro benzene ring substituents is 1. The van der Waals surface area contributed by atoms with Crippen molar-refractivity contribution in [1.29, 1.82) is 0 Å². The van der Waals surface area contributed by atoms with Crippen molar-refractivity contribution in [3.63, 3.8) is 0 Å². The predicted molar refractivity (Wildman–Crippen MR) is 65.5 cm³/mol. The Morgan fingerprint density at radius 3 is 2.22 bits per heavy atom. The summed E-state index contributed by atoms with van der Waals surface area (Å²) in [4.78, 5) is 13.0.